The van der Waals surface area contributed by atoms with E-state index in [1.54, 1.807) is 7.05 Å². The van der Waals surface area contributed by atoms with E-state index in [1.165, 1.54) is 0 Å². The van der Waals surface area contributed by atoms with Gasteiger partial charge in [0.2, 0.25) is 0 Å². The van der Waals surface area contributed by atoms with Gasteiger partial charge < -0.3 is 19.7 Å². The molecule has 8 heteroatoms. The summed E-state index contributed by atoms with van der Waals surface area (Å²) in [4.78, 5) is 22.2. The number of aliphatic hydroxyl groups is 1. The van der Waals surface area contributed by atoms with Gasteiger partial charge >= 0.3 is 0 Å². The smallest absolute Gasteiger partial charge is 0.160 e. The van der Waals surface area contributed by atoms with Crippen LogP contribution in [-0.2, 0) is 11.2 Å². The number of rotatable bonds is 9. The van der Waals surface area contributed by atoms with Gasteiger partial charge in [0.25, 0.3) is 0 Å². The van der Waals surface area contributed by atoms with Gasteiger partial charge in [-0.1, -0.05) is 17.3 Å². The van der Waals surface area contributed by atoms with E-state index in [4.69, 9.17) is 19.2 Å². The Morgan fingerprint density at radius 2 is 2.09 bits per heavy atom. The van der Waals surface area contributed by atoms with Crippen molar-refractivity contribution in [3.05, 3.63) is 47.0 Å². The largest absolute Gasteiger partial charge is 0.491 e. The number of nitrogens with one attached hydrogen (secondary N) is 1. The Bertz CT molecular complexity index is 1150. The molecular formula is C26H32N4O4. The number of hydrogen-bond acceptors (Lipinski definition) is 8. The number of aliphatic hydroxyl groups excluding tert-OH is 1. The summed E-state index contributed by atoms with van der Waals surface area (Å²) in [6, 6.07) is 7.53. The first kappa shape index (κ1) is 24.0. The number of benzene rings is 1. The minimum atomic E-state index is -0.606. The Kier molecular flexibility index (Phi) is 7.38. The van der Waals surface area contributed by atoms with Gasteiger partial charge in [-0.25, -0.2) is 9.97 Å². The van der Waals surface area contributed by atoms with Crippen molar-refractivity contribution in [1.82, 2.24) is 20.4 Å². The first-order valence-corrected chi connectivity index (χ1v) is 11.8. The fraction of sp³-hybridized carbons (Fsp3) is 0.462. The number of hydrogen-bond donors (Lipinski definition) is 2. The fourth-order valence-electron chi connectivity index (χ4n) is 4.50. The van der Waals surface area contributed by atoms with Gasteiger partial charge in [-0.15, -0.1) is 0 Å². The SMILES string of the molecule is CNCC(O)COc1cccc(-c2nc(C[C@@H]3CCCC3=O)c(C)c(-c3c(C)noc3C)n2)c1. The molecule has 2 heterocycles. The maximum Gasteiger partial charge on any atom is 0.160 e. The highest BCUT2D eigenvalue weighted by molar-refractivity contribution is 5.83. The van der Waals surface area contributed by atoms with Crippen LogP contribution in [0, 0.1) is 26.7 Å². The van der Waals surface area contributed by atoms with Crippen LogP contribution in [0.15, 0.2) is 28.8 Å². The molecule has 8 nitrogen and oxygen atoms in total. The Labute approximate surface area is 199 Å². The lowest BCUT2D eigenvalue weighted by atomic mass is 9.95. The fourth-order valence-corrected chi connectivity index (χ4v) is 4.50. The number of aromatic nitrogens is 3. The predicted octanol–water partition coefficient (Wildman–Crippen LogP) is 3.59. The number of carbonyl (C=O) groups is 1. The molecule has 1 aliphatic rings. The van der Waals surface area contributed by atoms with E-state index in [1.807, 2.05) is 45.0 Å². The minimum Gasteiger partial charge on any atom is -0.491 e. The summed E-state index contributed by atoms with van der Waals surface area (Å²) in [6.45, 7) is 6.41. The van der Waals surface area contributed by atoms with Crippen LogP contribution < -0.4 is 10.1 Å². The van der Waals surface area contributed by atoms with Crippen LogP contribution in [0.2, 0.25) is 0 Å². The van der Waals surface area contributed by atoms with Gasteiger partial charge in [0.05, 0.1) is 17.0 Å². The summed E-state index contributed by atoms with van der Waals surface area (Å²) in [5.74, 6) is 2.20. The quantitative estimate of drug-likeness (QED) is 0.494. The molecule has 0 amide bonds. The van der Waals surface area contributed by atoms with Crippen molar-refractivity contribution in [3.63, 3.8) is 0 Å². The lowest BCUT2D eigenvalue weighted by Crippen LogP contribution is -2.29. The van der Waals surface area contributed by atoms with Crippen molar-refractivity contribution in [2.45, 2.75) is 52.6 Å². The Morgan fingerprint density at radius 3 is 2.76 bits per heavy atom. The molecule has 1 fully saturated rings. The second kappa shape index (κ2) is 10.4. The van der Waals surface area contributed by atoms with E-state index in [0.29, 0.717) is 42.5 Å². The molecule has 2 N–H and O–H groups in total. The highest BCUT2D eigenvalue weighted by Gasteiger charge is 2.27. The molecule has 34 heavy (non-hydrogen) atoms. The van der Waals surface area contributed by atoms with Crippen LogP contribution in [0.5, 0.6) is 5.75 Å². The third kappa shape index (κ3) is 5.18. The van der Waals surface area contributed by atoms with Crippen LogP contribution in [0.25, 0.3) is 22.6 Å². The summed E-state index contributed by atoms with van der Waals surface area (Å²) in [7, 11) is 1.78. The van der Waals surface area contributed by atoms with Gasteiger partial charge in [-0.3, -0.25) is 4.79 Å². The average Bonchev–Trinajstić information content (AvgIpc) is 3.38. The zero-order chi connectivity index (χ0) is 24.2. The number of ketones is 1. The number of carbonyl (C=O) groups excluding carboxylic acids is 1. The van der Waals surface area contributed by atoms with Crippen LogP contribution >= 0.6 is 0 Å². The van der Waals surface area contributed by atoms with Crippen molar-refractivity contribution >= 4 is 5.78 Å². The second-order valence-corrected chi connectivity index (χ2v) is 8.98. The van der Waals surface area contributed by atoms with E-state index in [-0.39, 0.29) is 12.5 Å². The third-order valence-electron chi connectivity index (χ3n) is 6.36. The van der Waals surface area contributed by atoms with E-state index < -0.39 is 6.10 Å². The van der Waals surface area contributed by atoms with E-state index in [9.17, 15) is 9.90 Å². The molecule has 180 valence electrons. The molecule has 0 bridgehead atoms. The van der Waals surface area contributed by atoms with Gasteiger partial charge in [-0.2, -0.15) is 0 Å². The molecule has 0 saturated heterocycles. The van der Waals surface area contributed by atoms with E-state index in [2.05, 4.69) is 10.5 Å². The summed E-state index contributed by atoms with van der Waals surface area (Å²) in [5.41, 5.74) is 5.02. The monoisotopic (exact) mass is 464 g/mol. The average molecular weight is 465 g/mol. The molecule has 4 rings (SSSR count). The standard InChI is InChI=1S/C26H32N4O4/c1-15-22(12-18-7-6-10-23(18)32)28-26(29-25(15)24-16(2)30-34-17(24)3)19-8-5-9-21(11-19)33-14-20(31)13-27-4/h5,8-9,11,18,20,27,31H,6-7,10,12-14H2,1-4H3/t18-,20?/m0/s1. The zero-order valence-corrected chi connectivity index (χ0v) is 20.2. The second-order valence-electron chi connectivity index (χ2n) is 8.98. The maximum absolute atomic E-state index is 12.4. The zero-order valence-electron chi connectivity index (χ0n) is 20.2. The van der Waals surface area contributed by atoms with Gasteiger partial charge in [0.15, 0.2) is 5.82 Å². The maximum atomic E-state index is 12.4. The number of ether oxygens (including phenoxy) is 1. The molecule has 2 atom stereocenters. The highest BCUT2D eigenvalue weighted by atomic mass is 16.5. The first-order chi connectivity index (χ1) is 16.4. The number of aryl methyl sites for hydroxylation is 2. The molecule has 0 radical (unpaired) electrons. The van der Waals surface area contributed by atoms with E-state index in [0.717, 1.165) is 46.6 Å². The van der Waals surface area contributed by atoms with Crippen molar-refractivity contribution in [2.75, 3.05) is 20.2 Å². The molecule has 0 aliphatic heterocycles. The topological polar surface area (TPSA) is 110 Å². The van der Waals surface area contributed by atoms with Gasteiger partial charge in [0.1, 0.15) is 30.0 Å². The molecule has 3 aromatic rings. The minimum absolute atomic E-state index is 0.00213. The van der Waals surface area contributed by atoms with Crippen LogP contribution in [0.4, 0.5) is 0 Å². The van der Waals surface area contributed by atoms with E-state index >= 15 is 0 Å². The third-order valence-corrected chi connectivity index (χ3v) is 6.36. The molecule has 1 unspecified atom stereocenters. The van der Waals surface area contributed by atoms with Gasteiger partial charge in [-0.05, 0) is 64.8 Å². The van der Waals surface area contributed by atoms with Crippen molar-refractivity contribution < 1.29 is 19.2 Å². The molecule has 1 saturated carbocycles. The molecule has 0 spiro atoms. The Morgan fingerprint density at radius 1 is 1.26 bits per heavy atom. The van der Waals surface area contributed by atoms with Crippen molar-refractivity contribution in [1.29, 1.82) is 0 Å². The summed E-state index contributed by atoms with van der Waals surface area (Å²) in [6.07, 6.45) is 2.48. The van der Waals surface area contributed by atoms with Crippen LogP contribution in [-0.4, -0.2) is 52.3 Å². The molecular weight excluding hydrogens is 432 g/mol. The van der Waals surface area contributed by atoms with Crippen LogP contribution in [0.3, 0.4) is 0 Å². The lowest BCUT2D eigenvalue weighted by Gasteiger charge is -2.16. The number of Topliss-reactive ketones (excluding diaryl/α,β-unsaturated/α-hetero) is 1. The summed E-state index contributed by atoms with van der Waals surface area (Å²) >= 11 is 0. The number of nitrogens with zero attached hydrogens (tertiary/aromatic N) is 3. The van der Waals surface area contributed by atoms with Crippen molar-refractivity contribution in [3.8, 4) is 28.4 Å². The molecule has 2 aromatic heterocycles. The van der Waals surface area contributed by atoms with Crippen molar-refractivity contribution in [2.24, 2.45) is 5.92 Å². The molecule has 1 aliphatic carbocycles. The summed E-state index contributed by atoms with van der Waals surface area (Å²) in [5, 5.41) is 17.0. The van der Waals surface area contributed by atoms with Crippen LogP contribution in [0.1, 0.15) is 42.0 Å². The number of likely N-dealkylation sites (N-methyl/N-ethyl adjacent to an activating group) is 1. The Hall–Kier alpha value is -3.10. The predicted molar refractivity (Wildman–Crippen MR) is 129 cm³/mol. The molecule has 1 aromatic carbocycles. The summed E-state index contributed by atoms with van der Waals surface area (Å²) < 4.78 is 11.2. The Balaban J connectivity index is 1.73. The van der Waals surface area contributed by atoms with Gasteiger partial charge in [0, 0.05) is 30.1 Å². The lowest BCUT2D eigenvalue weighted by molar-refractivity contribution is -0.120. The first-order valence-electron chi connectivity index (χ1n) is 11.8. The highest BCUT2D eigenvalue weighted by Crippen LogP contribution is 2.34. The normalized spacial score (nSPS) is 16.7.